The Morgan fingerprint density at radius 1 is 1.50 bits per heavy atom. The van der Waals surface area contributed by atoms with Crippen LogP contribution in [0.2, 0.25) is 0 Å². The van der Waals surface area contributed by atoms with E-state index < -0.39 is 0 Å². The lowest BCUT2D eigenvalue weighted by atomic mass is 9.99. The molecular formula is C9H7BN2. The van der Waals surface area contributed by atoms with Gasteiger partial charge >= 0.3 is 0 Å². The number of hydrogen-bond acceptors (Lipinski definition) is 1. The summed E-state index contributed by atoms with van der Waals surface area (Å²) in [5, 5.41) is 0. The van der Waals surface area contributed by atoms with Crippen molar-refractivity contribution in [3.63, 3.8) is 0 Å². The Balaban J connectivity index is 2.86. The Hall–Kier alpha value is -1.69. The van der Waals surface area contributed by atoms with Crippen molar-refractivity contribution in [2.75, 3.05) is 0 Å². The molecule has 0 spiro atoms. The van der Waals surface area contributed by atoms with E-state index in [4.69, 9.17) is 6.42 Å². The zero-order valence-corrected chi connectivity index (χ0v) is 6.78. The molecular weight excluding hydrogens is 147 g/mol. The van der Waals surface area contributed by atoms with Crippen LogP contribution in [-0.2, 0) is 0 Å². The number of rotatable bonds is 0. The van der Waals surface area contributed by atoms with Gasteiger partial charge in [-0.15, -0.1) is 6.42 Å². The molecule has 0 radical (unpaired) electrons. The fourth-order valence-electron chi connectivity index (χ4n) is 1.19. The fourth-order valence-corrected chi connectivity index (χ4v) is 1.19. The molecule has 2 heterocycles. The highest BCUT2D eigenvalue weighted by Gasteiger charge is 1.98. The largest absolute Gasteiger partial charge is 0.294 e. The SMILES string of the molecule is Bc1ccc2ncc(C#C)n2c1. The van der Waals surface area contributed by atoms with Crippen LogP contribution in [0.4, 0.5) is 0 Å². The van der Waals surface area contributed by atoms with E-state index >= 15 is 0 Å². The van der Waals surface area contributed by atoms with Gasteiger partial charge < -0.3 is 0 Å². The molecule has 12 heavy (non-hydrogen) atoms. The summed E-state index contributed by atoms with van der Waals surface area (Å²) in [5.74, 6) is 2.58. The number of nitrogens with zero attached hydrogens (tertiary/aromatic N) is 2. The van der Waals surface area contributed by atoms with Crippen molar-refractivity contribution in [2.24, 2.45) is 0 Å². The molecule has 2 rings (SSSR count). The molecule has 0 amide bonds. The standard InChI is InChI=1S/C9H7BN2/c1-2-8-5-11-9-4-3-7(10)6-12(8)9/h1,3-6H,10H2. The highest BCUT2D eigenvalue weighted by Crippen LogP contribution is 2.02. The summed E-state index contributed by atoms with van der Waals surface area (Å²) in [5.41, 5.74) is 2.87. The first-order chi connectivity index (χ1) is 5.81. The van der Waals surface area contributed by atoms with E-state index in [1.165, 1.54) is 5.46 Å². The highest BCUT2D eigenvalue weighted by molar-refractivity contribution is 6.32. The van der Waals surface area contributed by atoms with Crippen LogP contribution < -0.4 is 5.46 Å². The molecule has 0 saturated heterocycles. The Morgan fingerprint density at radius 2 is 2.33 bits per heavy atom. The maximum Gasteiger partial charge on any atom is 0.141 e. The number of fused-ring (bicyclic) bond motifs is 1. The Labute approximate surface area is 71.7 Å². The van der Waals surface area contributed by atoms with E-state index in [0.717, 1.165) is 11.3 Å². The Morgan fingerprint density at radius 3 is 3.08 bits per heavy atom. The van der Waals surface area contributed by atoms with Crippen LogP contribution in [0.3, 0.4) is 0 Å². The summed E-state index contributed by atoms with van der Waals surface area (Å²) in [6.45, 7) is 0. The predicted molar refractivity (Wildman–Crippen MR) is 51.3 cm³/mol. The van der Waals surface area contributed by atoms with Crippen LogP contribution in [0.25, 0.3) is 5.65 Å². The monoisotopic (exact) mass is 154 g/mol. The summed E-state index contributed by atoms with van der Waals surface area (Å²) < 4.78 is 1.91. The van der Waals surface area contributed by atoms with Crippen LogP contribution in [0.5, 0.6) is 0 Å². The Bertz CT molecular complexity index is 465. The van der Waals surface area contributed by atoms with Crippen molar-refractivity contribution in [3.8, 4) is 12.3 Å². The summed E-state index contributed by atoms with van der Waals surface area (Å²) in [7, 11) is 2.03. The minimum absolute atomic E-state index is 0.800. The average Bonchev–Trinajstić information content (AvgIpc) is 2.46. The molecule has 0 aliphatic carbocycles. The van der Waals surface area contributed by atoms with Crippen LogP contribution in [-0.4, -0.2) is 17.2 Å². The minimum atomic E-state index is 0.800. The number of imidazole rings is 1. The molecule has 2 nitrogen and oxygen atoms in total. The van der Waals surface area contributed by atoms with Crippen molar-refractivity contribution >= 4 is 19.0 Å². The summed E-state index contributed by atoms with van der Waals surface area (Å²) in [6, 6.07) is 3.97. The zero-order valence-electron chi connectivity index (χ0n) is 6.78. The van der Waals surface area contributed by atoms with Gasteiger partial charge in [0.05, 0.1) is 6.20 Å². The van der Waals surface area contributed by atoms with Crippen molar-refractivity contribution in [2.45, 2.75) is 0 Å². The van der Waals surface area contributed by atoms with E-state index in [1.54, 1.807) is 6.20 Å². The van der Waals surface area contributed by atoms with Crippen LogP contribution in [0.15, 0.2) is 24.5 Å². The maximum atomic E-state index is 5.30. The van der Waals surface area contributed by atoms with Gasteiger partial charge in [-0.05, 0) is 6.07 Å². The predicted octanol–water partition coefficient (Wildman–Crippen LogP) is -0.426. The first kappa shape index (κ1) is 6.99. The molecule has 2 aromatic rings. The van der Waals surface area contributed by atoms with Gasteiger partial charge in [0, 0.05) is 6.20 Å². The number of aromatic nitrogens is 2. The molecule has 0 saturated carbocycles. The number of terminal acetylenes is 1. The minimum Gasteiger partial charge on any atom is -0.294 e. The third-order valence-electron chi connectivity index (χ3n) is 1.80. The van der Waals surface area contributed by atoms with Crippen molar-refractivity contribution in [1.82, 2.24) is 9.38 Å². The number of pyridine rings is 1. The van der Waals surface area contributed by atoms with Crippen molar-refractivity contribution in [1.29, 1.82) is 0 Å². The molecule has 2 aromatic heterocycles. The van der Waals surface area contributed by atoms with Gasteiger partial charge in [0.15, 0.2) is 0 Å². The molecule has 0 aromatic carbocycles. The second-order valence-electron chi connectivity index (χ2n) is 2.72. The summed E-state index contributed by atoms with van der Waals surface area (Å²) in [6.07, 6.45) is 8.99. The molecule has 0 aliphatic heterocycles. The summed E-state index contributed by atoms with van der Waals surface area (Å²) >= 11 is 0. The maximum absolute atomic E-state index is 5.30. The van der Waals surface area contributed by atoms with Crippen LogP contribution >= 0.6 is 0 Å². The average molecular weight is 154 g/mol. The third-order valence-corrected chi connectivity index (χ3v) is 1.80. The molecule has 3 heteroatoms. The van der Waals surface area contributed by atoms with E-state index in [9.17, 15) is 0 Å². The van der Waals surface area contributed by atoms with Crippen LogP contribution in [0.1, 0.15) is 5.69 Å². The highest BCUT2D eigenvalue weighted by atomic mass is 15.0. The normalized spacial score (nSPS) is 9.92. The van der Waals surface area contributed by atoms with Gasteiger partial charge in [-0.25, -0.2) is 4.98 Å². The van der Waals surface area contributed by atoms with Crippen molar-refractivity contribution < 1.29 is 0 Å². The quantitative estimate of drug-likeness (QED) is 0.372. The van der Waals surface area contributed by atoms with Gasteiger partial charge in [-0.3, -0.25) is 4.40 Å². The van der Waals surface area contributed by atoms with E-state index in [-0.39, 0.29) is 0 Å². The van der Waals surface area contributed by atoms with Crippen LogP contribution in [0, 0.1) is 12.3 Å². The molecule has 0 N–H and O–H groups in total. The van der Waals surface area contributed by atoms with Gasteiger partial charge in [-0.1, -0.05) is 17.4 Å². The summed E-state index contributed by atoms with van der Waals surface area (Å²) in [4.78, 5) is 4.15. The zero-order chi connectivity index (χ0) is 8.55. The Kier molecular flexibility index (Phi) is 1.41. The topological polar surface area (TPSA) is 17.3 Å². The lowest BCUT2D eigenvalue weighted by Gasteiger charge is -1.96. The van der Waals surface area contributed by atoms with E-state index in [2.05, 4.69) is 10.9 Å². The van der Waals surface area contributed by atoms with Gasteiger partial charge in [0.25, 0.3) is 0 Å². The van der Waals surface area contributed by atoms with Gasteiger partial charge in [-0.2, -0.15) is 0 Å². The number of hydrogen-bond donors (Lipinski definition) is 0. The lowest BCUT2D eigenvalue weighted by Crippen LogP contribution is -2.04. The third kappa shape index (κ3) is 0.893. The van der Waals surface area contributed by atoms with Gasteiger partial charge in [0.1, 0.15) is 19.2 Å². The molecule has 56 valence electrons. The van der Waals surface area contributed by atoms with E-state index in [0.29, 0.717) is 0 Å². The molecule has 0 atom stereocenters. The first-order valence-electron chi connectivity index (χ1n) is 3.71. The molecule has 0 bridgehead atoms. The first-order valence-corrected chi connectivity index (χ1v) is 3.71. The molecule has 0 fully saturated rings. The van der Waals surface area contributed by atoms with Crippen molar-refractivity contribution in [3.05, 3.63) is 30.2 Å². The van der Waals surface area contributed by atoms with Gasteiger partial charge in [0.2, 0.25) is 0 Å². The molecule has 0 unspecified atom stereocenters. The second-order valence-corrected chi connectivity index (χ2v) is 2.72. The molecule has 0 aliphatic rings. The van der Waals surface area contributed by atoms with E-state index in [1.807, 2.05) is 30.6 Å². The smallest absolute Gasteiger partial charge is 0.141 e. The fraction of sp³-hybridized carbons (Fsp3) is 0. The second kappa shape index (κ2) is 2.42. The lowest BCUT2D eigenvalue weighted by molar-refractivity contribution is 1.17.